The molecule has 27 heavy (non-hydrogen) atoms. The van der Waals surface area contributed by atoms with Crippen molar-refractivity contribution < 1.29 is 14.3 Å². The number of carbonyl (C=O) groups excluding carboxylic acids is 1. The first-order valence-electron chi connectivity index (χ1n) is 8.64. The minimum absolute atomic E-state index is 0.0354. The molecule has 0 aliphatic rings. The van der Waals surface area contributed by atoms with E-state index in [1.165, 1.54) is 0 Å². The Morgan fingerprint density at radius 3 is 2.63 bits per heavy atom. The van der Waals surface area contributed by atoms with Gasteiger partial charge < -0.3 is 9.52 Å². The fraction of sp³-hybridized carbons (Fsp3) is 0.190. The molecule has 3 heterocycles. The molecule has 6 nitrogen and oxygen atoms in total. The van der Waals surface area contributed by atoms with E-state index in [2.05, 4.69) is 10.1 Å². The van der Waals surface area contributed by atoms with Crippen LogP contribution in [-0.4, -0.2) is 25.5 Å². The zero-order chi connectivity index (χ0) is 19.0. The molecule has 4 rings (SSSR count). The normalized spacial score (nSPS) is 11.8. The summed E-state index contributed by atoms with van der Waals surface area (Å²) in [7, 11) is 0. The van der Waals surface area contributed by atoms with E-state index in [9.17, 15) is 9.90 Å². The highest BCUT2D eigenvalue weighted by Gasteiger charge is 2.17. The van der Waals surface area contributed by atoms with Crippen molar-refractivity contribution in [2.45, 2.75) is 25.9 Å². The highest BCUT2D eigenvalue weighted by molar-refractivity contribution is 5.97. The maximum atomic E-state index is 12.7. The van der Waals surface area contributed by atoms with E-state index in [1.807, 2.05) is 12.1 Å². The third-order valence-electron chi connectivity index (χ3n) is 4.48. The van der Waals surface area contributed by atoms with Crippen LogP contribution in [0.5, 0.6) is 0 Å². The first-order valence-corrected chi connectivity index (χ1v) is 8.64. The molecule has 4 aromatic rings. The lowest BCUT2D eigenvalue weighted by Crippen LogP contribution is -2.15. The maximum absolute atomic E-state index is 12.7. The molecule has 0 aliphatic heterocycles. The Morgan fingerprint density at radius 1 is 1.19 bits per heavy atom. The summed E-state index contributed by atoms with van der Waals surface area (Å²) in [4.78, 5) is 17.2. The van der Waals surface area contributed by atoms with Gasteiger partial charge in [-0.15, -0.1) is 0 Å². The molecule has 1 aromatic carbocycles. The van der Waals surface area contributed by atoms with Crippen LogP contribution in [0.1, 0.15) is 35.5 Å². The van der Waals surface area contributed by atoms with E-state index in [1.54, 1.807) is 67.4 Å². The lowest BCUT2D eigenvalue weighted by Gasteiger charge is -2.17. The van der Waals surface area contributed by atoms with Gasteiger partial charge in [0.25, 0.3) is 0 Å². The second-order valence-electron chi connectivity index (χ2n) is 6.98. The van der Waals surface area contributed by atoms with Gasteiger partial charge in [0.15, 0.2) is 11.4 Å². The summed E-state index contributed by atoms with van der Waals surface area (Å²) < 4.78 is 6.89. The van der Waals surface area contributed by atoms with E-state index >= 15 is 0 Å². The van der Waals surface area contributed by atoms with Gasteiger partial charge in [0.05, 0.1) is 42.1 Å². The van der Waals surface area contributed by atoms with Crippen LogP contribution in [-0.2, 0) is 12.0 Å². The Hall–Kier alpha value is -3.25. The molecule has 1 N–H and O–H groups in total. The van der Waals surface area contributed by atoms with E-state index in [0.29, 0.717) is 16.9 Å². The molecule has 0 fully saturated rings. The number of rotatable bonds is 5. The number of furan rings is 1. The van der Waals surface area contributed by atoms with Crippen LogP contribution in [0.3, 0.4) is 0 Å². The van der Waals surface area contributed by atoms with E-state index in [4.69, 9.17) is 4.42 Å². The highest BCUT2D eigenvalue weighted by atomic mass is 16.3. The molecule has 0 bridgehead atoms. The molecule has 0 amide bonds. The fourth-order valence-electron chi connectivity index (χ4n) is 3.00. The number of carbonyl (C=O) groups is 1. The number of nitrogens with zero attached hydrogens (tertiary/aromatic N) is 3. The third-order valence-corrected chi connectivity index (χ3v) is 4.48. The number of hydrogen-bond donors (Lipinski definition) is 1. The predicted molar refractivity (Wildman–Crippen MR) is 100 cm³/mol. The van der Waals surface area contributed by atoms with Crippen LogP contribution in [0.2, 0.25) is 0 Å². The number of Topliss-reactive ketones (excluding diaryl/α,β-unsaturated/α-hetero) is 1. The molecule has 3 aromatic heterocycles. The topological polar surface area (TPSA) is 80.6 Å². The van der Waals surface area contributed by atoms with Gasteiger partial charge >= 0.3 is 0 Å². The van der Waals surface area contributed by atoms with Gasteiger partial charge in [-0.1, -0.05) is 24.3 Å². The number of ketones is 1. The number of aromatic nitrogens is 3. The molecule has 0 radical (unpaired) electrons. The van der Waals surface area contributed by atoms with Crippen molar-refractivity contribution in [3.05, 3.63) is 78.0 Å². The minimum atomic E-state index is -0.935. The van der Waals surface area contributed by atoms with Crippen LogP contribution >= 0.6 is 0 Å². The molecule has 6 heteroatoms. The summed E-state index contributed by atoms with van der Waals surface area (Å²) >= 11 is 0. The Labute approximate surface area is 156 Å². The van der Waals surface area contributed by atoms with Crippen LogP contribution in [0.25, 0.3) is 16.9 Å². The first-order chi connectivity index (χ1) is 12.9. The van der Waals surface area contributed by atoms with Gasteiger partial charge in [-0.3, -0.25) is 4.79 Å². The zero-order valence-corrected chi connectivity index (χ0v) is 15.1. The quantitative estimate of drug-likeness (QED) is 0.549. The highest BCUT2D eigenvalue weighted by Crippen LogP contribution is 2.23. The number of aliphatic hydroxyl groups is 1. The smallest absolute Gasteiger partial charge is 0.168 e. The molecule has 0 saturated heterocycles. The Kier molecular flexibility index (Phi) is 4.12. The molecule has 0 spiro atoms. The lowest BCUT2D eigenvalue weighted by atomic mass is 9.96. The summed E-state index contributed by atoms with van der Waals surface area (Å²) in [5, 5.41) is 14.3. The number of benzene rings is 1. The number of hydrogen-bond acceptors (Lipinski definition) is 5. The van der Waals surface area contributed by atoms with Crippen LogP contribution in [0.4, 0.5) is 0 Å². The average molecular weight is 361 g/mol. The second kappa shape index (κ2) is 6.48. The summed E-state index contributed by atoms with van der Waals surface area (Å²) in [6.07, 6.45) is 5.08. The minimum Gasteiger partial charge on any atom is -0.472 e. The van der Waals surface area contributed by atoms with Gasteiger partial charge in [-0.05, 0) is 31.5 Å². The van der Waals surface area contributed by atoms with Gasteiger partial charge in [0.2, 0.25) is 0 Å². The summed E-state index contributed by atoms with van der Waals surface area (Å²) in [6.45, 7) is 3.43. The van der Waals surface area contributed by atoms with Gasteiger partial charge in [0, 0.05) is 17.2 Å². The van der Waals surface area contributed by atoms with E-state index in [-0.39, 0.29) is 12.2 Å². The van der Waals surface area contributed by atoms with Crippen LogP contribution in [0, 0.1) is 0 Å². The van der Waals surface area contributed by atoms with E-state index in [0.717, 1.165) is 16.8 Å². The Bertz CT molecular complexity index is 1090. The SMILES string of the molecule is CC(C)(O)c1ccc(C(=O)Cc2cc(-c3ccoc3)n3nccc3n2)cc1. The number of fused-ring (bicyclic) bond motifs is 1. The molecule has 0 aliphatic carbocycles. The lowest BCUT2D eigenvalue weighted by molar-refractivity contribution is 0.0784. The summed E-state index contributed by atoms with van der Waals surface area (Å²) in [5.41, 5.74) is 3.44. The van der Waals surface area contributed by atoms with Crippen molar-refractivity contribution in [1.29, 1.82) is 0 Å². The van der Waals surface area contributed by atoms with Crippen LogP contribution in [0.15, 0.2) is 65.6 Å². The van der Waals surface area contributed by atoms with Gasteiger partial charge in [0.1, 0.15) is 0 Å². The molecule has 136 valence electrons. The largest absolute Gasteiger partial charge is 0.472 e. The van der Waals surface area contributed by atoms with Crippen molar-refractivity contribution in [2.24, 2.45) is 0 Å². The molecule has 0 unspecified atom stereocenters. The van der Waals surface area contributed by atoms with E-state index < -0.39 is 5.60 Å². The zero-order valence-electron chi connectivity index (χ0n) is 15.1. The van der Waals surface area contributed by atoms with Crippen molar-refractivity contribution in [3.63, 3.8) is 0 Å². The van der Waals surface area contributed by atoms with Gasteiger partial charge in [-0.2, -0.15) is 5.10 Å². The average Bonchev–Trinajstić information content (AvgIpc) is 3.32. The second-order valence-corrected chi connectivity index (χ2v) is 6.98. The third kappa shape index (κ3) is 3.39. The van der Waals surface area contributed by atoms with Gasteiger partial charge in [-0.25, -0.2) is 9.50 Å². The Balaban J connectivity index is 1.64. The summed E-state index contributed by atoms with van der Waals surface area (Å²) in [6, 6.07) is 12.5. The maximum Gasteiger partial charge on any atom is 0.168 e. The van der Waals surface area contributed by atoms with Crippen LogP contribution < -0.4 is 0 Å². The first kappa shape index (κ1) is 17.2. The Morgan fingerprint density at radius 2 is 1.96 bits per heavy atom. The van der Waals surface area contributed by atoms with Crippen molar-refractivity contribution in [2.75, 3.05) is 0 Å². The fourth-order valence-corrected chi connectivity index (χ4v) is 3.00. The molecular formula is C21H19N3O3. The molecular weight excluding hydrogens is 342 g/mol. The monoisotopic (exact) mass is 361 g/mol. The standard InChI is InChI=1S/C21H19N3O3/c1-21(2,26)16-5-3-14(4-6-16)19(25)12-17-11-18(15-8-10-27-13-15)24-20(23-17)7-9-22-24/h3-11,13,26H,12H2,1-2H3. The summed E-state index contributed by atoms with van der Waals surface area (Å²) in [5.74, 6) is -0.0354. The predicted octanol–water partition coefficient (Wildman–Crippen LogP) is 3.64. The van der Waals surface area contributed by atoms with Crippen molar-refractivity contribution >= 4 is 11.4 Å². The molecule has 0 saturated carbocycles. The van der Waals surface area contributed by atoms with Crippen molar-refractivity contribution in [1.82, 2.24) is 14.6 Å². The van der Waals surface area contributed by atoms with Crippen molar-refractivity contribution in [3.8, 4) is 11.3 Å². The molecule has 0 atom stereocenters.